The zero-order chi connectivity index (χ0) is 17.4. The van der Waals surface area contributed by atoms with E-state index >= 15 is 0 Å². The Balaban J connectivity index is 1.93. The van der Waals surface area contributed by atoms with Crippen LogP contribution in [-0.2, 0) is 17.9 Å². The van der Waals surface area contributed by atoms with E-state index in [-0.39, 0.29) is 12.2 Å². The molecule has 2 aromatic rings. The van der Waals surface area contributed by atoms with Gasteiger partial charge in [0.1, 0.15) is 11.6 Å². The largest absolute Gasteiger partial charge is 0.399 e. The van der Waals surface area contributed by atoms with Gasteiger partial charge in [-0.2, -0.15) is 5.26 Å². The first-order valence-corrected chi connectivity index (χ1v) is 7.31. The predicted octanol–water partition coefficient (Wildman–Crippen LogP) is 1.90. The molecule has 0 atom stereocenters. The fourth-order valence-corrected chi connectivity index (χ4v) is 1.95. The lowest BCUT2D eigenvalue weighted by molar-refractivity contribution is -0.112. The van der Waals surface area contributed by atoms with Gasteiger partial charge in [-0.25, -0.2) is 0 Å². The molecule has 0 heterocycles. The highest BCUT2D eigenvalue weighted by Crippen LogP contribution is 2.11. The highest BCUT2D eigenvalue weighted by Gasteiger charge is 2.08. The van der Waals surface area contributed by atoms with Crippen LogP contribution in [-0.4, -0.2) is 11.0 Å². The standard InChI is InChI=1S/C18H18N4O2/c19-9-15(18(24)22-17-7-5-16(20)6-8-17)11-21-10-13-1-3-14(12-23)4-2-13/h1-8,11,21,23H,10,12,20H2,(H,22,24)/b15-11-. The van der Waals surface area contributed by atoms with Crippen LogP contribution in [0.2, 0.25) is 0 Å². The molecule has 122 valence electrons. The summed E-state index contributed by atoms with van der Waals surface area (Å²) >= 11 is 0. The molecule has 0 aliphatic heterocycles. The summed E-state index contributed by atoms with van der Waals surface area (Å²) in [4.78, 5) is 12.1. The van der Waals surface area contributed by atoms with Gasteiger partial charge in [0.2, 0.25) is 0 Å². The van der Waals surface area contributed by atoms with Crippen molar-refractivity contribution in [2.45, 2.75) is 13.2 Å². The molecular formula is C18H18N4O2. The molecule has 0 saturated carbocycles. The summed E-state index contributed by atoms with van der Waals surface area (Å²) in [5.74, 6) is -0.495. The molecular weight excluding hydrogens is 304 g/mol. The number of nitriles is 1. The van der Waals surface area contributed by atoms with Gasteiger partial charge in [-0.1, -0.05) is 24.3 Å². The summed E-state index contributed by atoms with van der Waals surface area (Å²) in [6.45, 7) is 0.462. The number of nitrogen functional groups attached to an aromatic ring is 1. The van der Waals surface area contributed by atoms with E-state index in [0.717, 1.165) is 11.1 Å². The fraction of sp³-hybridized carbons (Fsp3) is 0.111. The number of hydrogen-bond donors (Lipinski definition) is 4. The SMILES string of the molecule is N#C/C(=C/NCc1ccc(CO)cc1)C(=O)Nc1ccc(N)cc1. The number of benzene rings is 2. The molecule has 6 nitrogen and oxygen atoms in total. The molecule has 0 radical (unpaired) electrons. The predicted molar refractivity (Wildman–Crippen MR) is 92.4 cm³/mol. The van der Waals surface area contributed by atoms with Crippen molar-refractivity contribution in [2.24, 2.45) is 0 Å². The second-order valence-electron chi connectivity index (χ2n) is 5.10. The maximum Gasteiger partial charge on any atom is 0.267 e. The van der Waals surface area contributed by atoms with E-state index in [1.54, 1.807) is 24.3 Å². The number of carbonyl (C=O) groups is 1. The molecule has 5 N–H and O–H groups in total. The minimum absolute atomic E-state index is 0.00248. The van der Waals surface area contributed by atoms with Gasteiger partial charge < -0.3 is 21.5 Å². The summed E-state index contributed by atoms with van der Waals surface area (Å²) in [7, 11) is 0. The summed E-state index contributed by atoms with van der Waals surface area (Å²) in [5.41, 5.74) is 8.51. The van der Waals surface area contributed by atoms with Crippen molar-refractivity contribution in [2.75, 3.05) is 11.1 Å². The Hall–Kier alpha value is -3.30. The van der Waals surface area contributed by atoms with Crippen molar-refractivity contribution < 1.29 is 9.90 Å². The lowest BCUT2D eigenvalue weighted by Crippen LogP contribution is -2.16. The Labute approximate surface area is 140 Å². The van der Waals surface area contributed by atoms with Crippen LogP contribution >= 0.6 is 0 Å². The number of anilines is 2. The number of amides is 1. The van der Waals surface area contributed by atoms with Gasteiger partial charge in [0.25, 0.3) is 5.91 Å². The summed E-state index contributed by atoms with van der Waals surface area (Å²) in [5, 5.41) is 23.7. The normalized spacial score (nSPS) is 10.8. The summed E-state index contributed by atoms with van der Waals surface area (Å²) < 4.78 is 0. The molecule has 0 saturated heterocycles. The Morgan fingerprint density at radius 3 is 2.33 bits per heavy atom. The lowest BCUT2D eigenvalue weighted by atomic mass is 10.1. The Morgan fingerprint density at radius 2 is 1.75 bits per heavy atom. The first-order chi connectivity index (χ1) is 11.6. The van der Waals surface area contributed by atoms with Crippen molar-refractivity contribution in [3.8, 4) is 6.07 Å². The summed E-state index contributed by atoms with van der Waals surface area (Å²) in [6.07, 6.45) is 1.38. The first-order valence-electron chi connectivity index (χ1n) is 7.31. The fourth-order valence-electron chi connectivity index (χ4n) is 1.95. The minimum atomic E-state index is -0.495. The van der Waals surface area contributed by atoms with Crippen molar-refractivity contribution in [1.82, 2.24) is 5.32 Å². The quantitative estimate of drug-likeness (QED) is 0.369. The number of rotatable bonds is 6. The highest BCUT2D eigenvalue weighted by molar-refractivity contribution is 6.06. The summed E-state index contributed by atoms with van der Waals surface area (Å²) in [6, 6.07) is 15.9. The molecule has 2 rings (SSSR count). The van der Waals surface area contributed by atoms with E-state index in [1.807, 2.05) is 30.3 Å². The number of nitrogens with zero attached hydrogens (tertiary/aromatic N) is 1. The van der Waals surface area contributed by atoms with Crippen LogP contribution in [0.1, 0.15) is 11.1 Å². The van der Waals surface area contributed by atoms with Crippen molar-refractivity contribution in [3.05, 3.63) is 71.4 Å². The second kappa shape index (κ2) is 8.36. The van der Waals surface area contributed by atoms with Gasteiger partial charge in [-0.3, -0.25) is 4.79 Å². The van der Waals surface area contributed by atoms with Crippen LogP contribution in [0, 0.1) is 11.3 Å². The third-order valence-electron chi connectivity index (χ3n) is 3.29. The van der Waals surface area contributed by atoms with Crippen LogP contribution in [0.15, 0.2) is 60.3 Å². The van der Waals surface area contributed by atoms with E-state index in [1.165, 1.54) is 6.20 Å². The number of hydrogen-bond acceptors (Lipinski definition) is 5. The minimum Gasteiger partial charge on any atom is -0.399 e. The maximum absolute atomic E-state index is 12.1. The highest BCUT2D eigenvalue weighted by atomic mass is 16.3. The molecule has 0 aliphatic rings. The van der Waals surface area contributed by atoms with E-state index in [2.05, 4.69) is 10.6 Å². The number of carbonyl (C=O) groups excluding carboxylic acids is 1. The molecule has 6 heteroatoms. The Kier molecular flexibility index (Phi) is 5.95. The van der Waals surface area contributed by atoms with Gasteiger partial charge >= 0.3 is 0 Å². The molecule has 0 fully saturated rings. The molecule has 0 unspecified atom stereocenters. The van der Waals surface area contributed by atoms with E-state index in [4.69, 9.17) is 16.1 Å². The number of aliphatic hydroxyl groups excluding tert-OH is 1. The van der Waals surface area contributed by atoms with Crippen LogP contribution < -0.4 is 16.4 Å². The maximum atomic E-state index is 12.1. The number of nitrogens with one attached hydrogen (secondary N) is 2. The third-order valence-corrected chi connectivity index (χ3v) is 3.29. The van der Waals surface area contributed by atoms with Crippen LogP contribution in [0.4, 0.5) is 11.4 Å². The van der Waals surface area contributed by atoms with Crippen molar-refractivity contribution in [1.29, 1.82) is 5.26 Å². The molecule has 0 aromatic heterocycles. The van der Waals surface area contributed by atoms with Crippen molar-refractivity contribution in [3.63, 3.8) is 0 Å². The smallest absolute Gasteiger partial charge is 0.267 e. The zero-order valence-electron chi connectivity index (χ0n) is 13.0. The molecule has 2 aromatic carbocycles. The van der Waals surface area contributed by atoms with Crippen LogP contribution in [0.3, 0.4) is 0 Å². The van der Waals surface area contributed by atoms with Gasteiger partial charge in [-0.15, -0.1) is 0 Å². The number of nitrogens with two attached hydrogens (primary N) is 1. The number of aliphatic hydroxyl groups is 1. The van der Waals surface area contributed by atoms with Gasteiger partial charge in [0.15, 0.2) is 0 Å². The van der Waals surface area contributed by atoms with Crippen molar-refractivity contribution >= 4 is 17.3 Å². The van der Waals surface area contributed by atoms with Crippen LogP contribution in [0.5, 0.6) is 0 Å². The lowest BCUT2D eigenvalue weighted by Gasteiger charge is -2.06. The monoisotopic (exact) mass is 322 g/mol. The molecule has 0 spiro atoms. The van der Waals surface area contributed by atoms with Gasteiger partial charge in [0, 0.05) is 24.1 Å². The van der Waals surface area contributed by atoms with E-state index in [9.17, 15) is 4.79 Å². The average molecular weight is 322 g/mol. The molecule has 0 bridgehead atoms. The first kappa shape index (κ1) is 17.1. The Morgan fingerprint density at radius 1 is 1.12 bits per heavy atom. The average Bonchev–Trinajstić information content (AvgIpc) is 2.61. The molecule has 0 aliphatic carbocycles. The zero-order valence-corrected chi connectivity index (χ0v) is 13.0. The molecule has 1 amide bonds. The Bertz CT molecular complexity index is 759. The second-order valence-corrected chi connectivity index (χ2v) is 5.10. The third kappa shape index (κ3) is 4.87. The van der Waals surface area contributed by atoms with Gasteiger partial charge in [-0.05, 0) is 35.4 Å². The van der Waals surface area contributed by atoms with E-state index in [0.29, 0.717) is 17.9 Å². The topological polar surface area (TPSA) is 111 Å². The van der Waals surface area contributed by atoms with E-state index < -0.39 is 5.91 Å². The molecule has 24 heavy (non-hydrogen) atoms. The van der Waals surface area contributed by atoms with Gasteiger partial charge in [0.05, 0.1) is 6.61 Å². The van der Waals surface area contributed by atoms with Crippen LogP contribution in [0.25, 0.3) is 0 Å².